The number of amides is 1. The molecule has 1 atom stereocenters. The van der Waals surface area contributed by atoms with E-state index in [0.29, 0.717) is 10.0 Å². The normalized spacial score (nSPS) is 12.0. The Morgan fingerprint density at radius 3 is 2.10 bits per heavy atom. The molecule has 2 rings (SSSR count). The predicted octanol–water partition coefficient (Wildman–Crippen LogP) is 4.92. The zero-order valence-electron chi connectivity index (χ0n) is 11.7. The van der Waals surface area contributed by atoms with Crippen LogP contribution in [-0.2, 0) is 4.79 Å². The molecule has 0 N–H and O–H groups in total. The van der Waals surface area contributed by atoms with E-state index in [0.717, 1.165) is 10.5 Å². The van der Waals surface area contributed by atoms with E-state index in [2.05, 4.69) is 0 Å². The number of halogens is 2. The molecule has 21 heavy (non-hydrogen) atoms. The van der Waals surface area contributed by atoms with Gasteiger partial charge in [0.1, 0.15) is 5.25 Å². The van der Waals surface area contributed by atoms with Crippen LogP contribution in [-0.4, -0.2) is 24.9 Å². The number of rotatable bonds is 4. The fraction of sp³-hybridized carbons (Fsp3) is 0.188. The minimum absolute atomic E-state index is 0.00202. The lowest BCUT2D eigenvalue weighted by Gasteiger charge is -2.21. The Morgan fingerprint density at radius 1 is 1.00 bits per heavy atom. The molecule has 0 fully saturated rings. The summed E-state index contributed by atoms with van der Waals surface area (Å²) in [6.07, 6.45) is 0. The predicted molar refractivity (Wildman–Crippen MR) is 90.2 cm³/mol. The van der Waals surface area contributed by atoms with Gasteiger partial charge in [-0.15, -0.1) is 11.8 Å². The van der Waals surface area contributed by atoms with Crippen molar-refractivity contribution in [2.45, 2.75) is 10.1 Å². The molecule has 0 bridgehead atoms. The first-order valence-corrected chi connectivity index (χ1v) is 8.01. The lowest BCUT2D eigenvalue weighted by molar-refractivity contribution is -0.128. The Morgan fingerprint density at radius 2 is 1.57 bits per heavy atom. The number of hydrogen-bond acceptors (Lipinski definition) is 2. The van der Waals surface area contributed by atoms with E-state index < -0.39 is 0 Å². The number of likely N-dealkylation sites (N-methyl/N-ethyl adjacent to an activating group) is 1. The summed E-state index contributed by atoms with van der Waals surface area (Å²) in [4.78, 5) is 14.8. The van der Waals surface area contributed by atoms with E-state index in [1.807, 2.05) is 30.3 Å². The summed E-state index contributed by atoms with van der Waals surface area (Å²) in [5, 5.41) is 0.735. The number of thioether (sulfide) groups is 1. The number of hydrogen-bond donors (Lipinski definition) is 0. The molecule has 0 radical (unpaired) electrons. The summed E-state index contributed by atoms with van der Waals surface area (Å²) in [6.45, 7) is 0. The highest BCUT2D eigenvalue weighted by Gasteiger charge is 2.25. The van der Waals surface area contributed by atoms with Crippen molar-refractivity contribution >= 4 is 40.9 Å². The highest BCUT2D eigenvalue weighted by molar-refractivity contribution is 8.00. The fourth-order valence-corrected chi connectivity index (χ4v) is 3.70. The van der Waals surface area contributed by atoms with Crippen molar-refractivity contribution in [3.63, 3.8) is 0 Å². The molecule has 0 spiro atoms. The van der Waals surface area contributed by atoms with E-state index in [-0.39, 0.29) is 11.2 Å². The maximum Gasteiger partial charge on any atom is 0.240 e. The number of benzene rings is 2. The van der Waals surface area contributed by atoms with Crippen LogP contribution in [0.2, 0.25) is 10.0 Å². The van der Waals surface area contributed by atoms with Crippen LogP contribution < -0.4 is 0 Å². The maximum atomic E-state index is 12.5. The summed E-state index contributed by atoms with van der Waals surface area (Å²) in [7, 11) is 3.49. The Hall–Kier alpha value is -1.16. The second-order valence-corrected chi connectivity index (χ2v) is 6.62. The van der Waals surface area contributed by atoms with Gasteiger partial charge in [-0.1, -0.05) is 59.6 Å². The smallest absolute Gasteiger partial charge is 0.240 e. The van der Waals surface area contributed by atoms with Gasteiger partial charge >= 0.3 is 0 Å². The zero-order valence-corrected chi connectivity index (χ0v) is 14.0. The van der Waals surface area contributed by atoms with Crippen LogP contribution in [0.1, 0.15) is 10.8 Å². The highest BCUT2D eigenvalue weighted by Crippen LogP contribution is 2.43. The monoisotopic (exact) mass is 339 g/mol. The quantitative estimate of drug-likeness (QED) is 0.737. The van der Waals surface area contributed by atoms with Crippen LogP contribution in [0.15, 0.2) is 53.4 Å². The van der Waals surface area contributed by atoms with Gasteiger partial charge in [0.15, 0.2) is 0 Å². The summed E-state index contributed by atoms with van der Waals surface area (Å²) < 4.78 is 0. The second kappa shape index (κ2) is 7.21. The molecule has 0 aliphatic rings. The number of carbonyl (C=O) groups excluding carboxylic acids is 1. The van der Waals surface area contributed by atoms with E-state index in [1.54, 1.807) is 37.2 Å². The van der Waals surface area contributed by atoms with Gasteiger partial charge in [0, 0.05) is 19.0 Å². The summed E-state index contributed by atoms with van der Waals surface area (Å²) in [6, 6.07) is 15.0. The summed E-state index contributed by atoms with van der Waals surface area (Å²) in [5.74, 6) is 0.00202. The number of nitrogens with zero attached hydrogens (tertiary/aromatic N) is 1. The van der Waals surface area contributed by atoms with Crippen LogP contribution in [0.4, 0.5) is 0 Å². The van der Waals surface area contributed by atoms with Gasteiger partial charge in [-0.25, -0.2) is 0 Å². The molecule has 0 saturated carbocycles. The third-order valence-electron chi connectivity index (χ3n) is 2.92. The average molecular weight is 340 g/mol. The molecule has 2 nitrogen and oxygen atoms in total. The van der Waals surface area contributed by atoms with Crippen molar-refractivity contribution in [2.24, 2.45) is 0 Å². The van der Waals surface area contributed by atoms with Crippen LogP contribution in [0.25, 0.3) is 0 Å². The van der Waals surface area contributed by atoms with E-state index in [9.17, 15) is 4.79 Å². The van der Waals surface area contributed by atoms with Crippen molar-refractivity contribution in [1.29, 1.82) is 0 Å². The molecule has 0 aliphatic heterocycles. The lowest BCUT2D eigenvalue weighted by Crippen LogP contribution is -2.26. The molecule has 0 aromatic heterocycles. The van der Waals surface area contributed by atoms with Crippen molar-refractivity contribution in [1.82, 2.24) is 4.90 Å². The molecule has 2 aromatic carbocycles. The average Bonchev–Trinajstić information content (AvgIpc) is 2.47. The van der Waals surface area contributed by atoms with Gasteiger partial charge in [0.25, 0.3) is 0 Å². The van der Waals surface area contributed by atoms with Gasteiger partial charge in [-0.05, 0) is 17.7 Å². The molecule has 1 amide bonds. The molecule has 110 valence electrons. The van der Waals surface area contributed by atoms with Gasteiger partial charge in [-0.2, -0.15) is 0 Å². The Labute approximate surface area is 139 Å². The van der Waals surface area contributed by atoms with Gasteiger partial charge in [0.05, 0.1) is 10.0 Å². The topological polar surface area (TPSA) is 20.3 Å². The second-order valence-electron chi connectivity index (χ2n) is 4.69. The number of carbonyl (C=O) groups is 1. The SMILES string of the molecule is CN(C)C(=O)[C@@H](Sc1c(Cl)cccc1Cl)c1ccccc1. The van der Waals surface area contributed by atoms with Crippen molar-refractivity contribution in [3.05, 3.63) is 64.1 Å². The van der Waals surface area contributed by atoms with Crippen molar-refractivity contribution in [3.8, 4) is 0 Å². The molecule has 0 unspecified atom stereocenters. The van der Waals surface area contributed by atoms with Gasteiger partial charge in [-0.3, -0.25) is 4.79 Å². The first-order chi connectivity index (χ1) is 10.0. The molecule has 0 aliphatic carbocycles. The van der Waals surface area contributed by atoms with Crippen LogP contribution in [0.3, 0.4) is 0 Å². The highest BCUT2D eigenvalue weighted by atomic mass is 35.5. The molecule has 2 aromatic rings. The first-order valence-electron chi connectivity index (χ1n) is 6.37. The third kappa shape index (κ3) is 3.94. The lowest BCUT2D eigenvalue weighted by atomic mass is 10.1. The van der Waals surface area contributed by atoms with Gasteiger partial charge < -0.3 is 4.90 Å². The Kier molecular flexibility index (Phi) is 5.57. The van der Waals surface area contributed by atoms with E-state index >= 15 is 0 Å². The van der Waals surface area contributed by atoms with E-state index in [4.69, 9.17) is 23.2 Å². The summed E-state index contributed by atoms with van der Waals surface area (Å²) in [5.41, 5.74) is 0.928. The molecular formula is C16H15Cl2NOS. The largest absolute Gasteiger partial charge is 0.348 e. The molecule has 0 saturated heterocycles. The third-order valence-corrected chi connectivity index (χ3v) is 5.16. The van der Waals surface area contributed by atoms with Crippen LogP contribution >= 0.6 is 35.0 Å². The summed E-state index contributed by atoms with van der Waals surface area (Å²) >= 11 is 13.8. The standard InChI is InChI=1S/C16H15Cl2NOS/c1-19(2)16(20)14(11-7-4-3-5-8-11)21-15-12(17)9-6-10-13(15)18/h3-10,14H,1-2H3/t14-/m0/s1. The van der Waals surface area contributed by atoms with E-state index in [1.165, 1.54) is 11.8 Å². The van der Waals surface area contributed by atoms with Crippen molar-refractivity contribution < 1.29 is 4.79 Å². The minimum atomic E-state index is -0.376. The molecule has 5 heteroatoms. The fourth-order valence-electron chi connectivity index (χ4n) is 1.84. The Bertz CT molecular complexity index is 611. The van der Waals surface area contributed by atoms with Crippen LogP contribution in [0.5, 0.6) is 0 Å². The first kappa shape index (κ1) is 16.2. The molecular weight excluding hydrogens is 325 g/mol. The van der Waals surface area contributed by atoms with Crippen LogP contribution in [0, 0.1) is 0 Å². The molecule has 0 heterocycles. The Balaban J connectivity index is 2.40. The maximum absolute atomic E-state index is 12.5. The van der Waals surface area contributed by atoms with Gasteiger partial charge in [0.2, 0.25) is 5.91 Å². The minimum Gasteiger partial charge on any atom is -0.348 e. The van der Waals surface area contributed by atoms with Crippen molar-refractivity contribution in [2.75, 3.05) is 14.1 Å². The zero-order chi connectivity index (χ0) is 15.4.